The number of nitrogens with one attached hydrogen (secondary N) is 2. The SMILES string of the molecule is O=C(Cc1ccccc1)Nc1nc(C(=O)Nc2ccc([N+](=O)[O-])c(F)c2)cs1. The third-order valence-corrected chi connectivity index (χ3v) is 4.35. The third kappa shape index (κ3) is 4.74. The van der Waals surface area contributed by atoms with Gasteiger partial charge in [-0.3, -0.25) is 19.7 Å². The molecule has 0 spiro atoms. The molecular weight excluding hydrogens is 387 g/mol. The van der Waals surface area contributed by atoms with Crippen molar-refractivity contribution < 1.29 is 18.9 Å². The Balaban J connectivity index is 1.61. The van der Waals surface area contributed by atoms with E-state index in [1.165, 1.54) is 11.4 Å². The van der Waals surface area contributed by atoms with Gasteiger partial charge in [-0.05, 0) is 11.6 Å². The Labute approximate surface area is 162 Å². The minimum atomic E-state index is -1.06. The summed E-state index contributed by atoms with van der Waals surface area (Å²) in [5.41, 5.74) is 0.235. The van der Waals surface area contributed by atoms with E-state index in [0.29, 0.717) is 0 Å². The van der Waals surface area contributed by atoms with Crippen LogP contribution in [-0.4, -0.2) is 21.7 Å². The van der Waals surface area contributed by atoms with Gasteiger partial charge in [0.2, 0.25) is 11.7 Å². The van der Waals surface area contributed by atoms with Gasteiger partial charge < -0.3 is 10.6 Å². The molecule has 0 saturated carbocycles. The van der Waals surface area contributed by atoms with Gasteiger partial charge in [0, 0.05) is 23.2 Å². The van der Waals surface area contributed by atoms with Gasteiger partial charge in [0.05, 0.1) is 11.3 Å². The van der Waals surface area contributed by atoms with E-state index in [2.05, 4.69) is 15.6 Å². The maximum Gasteiger partial charge on any atom is 0.304 e. The molecule has 0 fully saturated rings. The topological polar surface area (TPSA) is 114 Å². The minimum absolute atomic E-state index is 0.0266. The summed E-state index contributed by atoms with van der Waals surface area (Å²) in [6.07, 6.45) is 0.171. The Kier molecular flexibility index (Phi) is 5.70. The molecule has 8 nitrogen and oxygen atoms in total. The molecule has 1 aromatic heterocycles. The molecule has 2 aromatic carbocycles. The van der Waals surface area contributed by atoms with E-state index in [4.69, 9.17) is 0 Å². The maximum atomic E-state index is 13.6. The molecule has 1 heterocycles. The van der Waals surface area contributed by atoms with Crippen molar-refractivity contribution in [2.45, 2.75) is 6.42 Å². The molecule has 28 heavy (non-hydrogen) atoms. The molecule has 0 aliphatic rings. The molecule has 0 bridgehead atoms. The molecule has 10 heteroatoms. The number of nitro groups is 1. The zero-order valence-corrected chi connectivity index (χ0v) is 15.0. The first-order chi connectivity index (χ1) is 13.4. The Hall–Kier alpha value is -3.66. The van der Waals surface area contributed by atoms with E-state index in [1.807, 2.05) is 30.3 Å². The molecule has 2 amide bonds. The summed E-state index contributed by atoms with van der Waals surface area (Å²) in [5, 5.41) is 17.3. The lowest BCUT2D eigenvalue weighted by molar-refractivity contribution is -0.387. The lowest BCUT2D eigenvalue weighted by Gasteiger charge is -2.04. The van der Waals surface area contributed by atoms with Crippen molar-refractivity contribution in [2.75, 3.05) is 10.6 Å². The Bertz CT molecular complexity index is 1040. The van der Waals surface area contributed by atoms with Gasteiger partial charge in [-0.2, -0.15) is 4.39 Å². The van der Waals surface area contributed by atoms with Crippen molar-refractivity contribution in [3.63, 3.8) is 0 Å². The molecule has 142 valence electrons. The van der Waals surface area contributed by atoms with Crippen LogP contribution in [0.1, 0.15) is 16.1 Å². The fourth-order valence-corrected chi connectivity index (χ4v) is 3.01. The number of nitrogens with zero attached hydrogens (tertiary/aromatic N) is 2. The normalized spacial score (nSPS) is 10.3. The van der Waals surface area contributed by atoms with Crippen LogP contribution in [0.25, 0.3) is 0 Å². The molecule has 0 saturated heterocycles. The van der Waals surface area contributed by atoms with Crippen LogP contribution in [0.5, 0.6) is 0 Å². The van der Waals surface area contributed by atoms with Crippen LogP contribution in [0, 0.1) is 15.9 Å². The molecule has 0 aliphatic heterocycles. The van der Waals surface area contributed by atoms with Crippen LogP contribution in [0.3, 0.4) is 0 Å². The van der Waals surface area contributed by atoms with Crippen molar-refractivity contribution >= 4 is 39.7 Å². The summed E-state index contributed by atoms with van der Waals surface area (Å²) < 4.78 is 13.6. The number of anilines is 2. The van der Waals surface area contributed by atoms with Crippen LogP contribution in [-0.2, 0) is 11.2 Å². The second-order valence-electron chi connectivity index (χ2n) is 5.63. The number of carbonyl (C=O) groups is 2. The second-order valence-corrected chi connectivity index (χ2v) is 6.48. The number of hydrogen-bond donors (Lipinski definition) is 2. The van der Waals surface area contributed by atoms with Crippen molar-refractivity contribution in [3.8, 4) is 0 Å². The van der Waals surface area contributed by atoms with Gasteiger partial charge in [0.25, 0.3) is 5.91 Å². The van der Waals surface area contributed by atoms with Crippen molar-refractivity contribution in [2.24, 2.45) is 0 Å². The van der Waals surface area contributed by atoms with Gasteiger partial charge in [0.1, 0.15) is 5.69 Å². The van der Waals surface area contributed by atoms with Crippen molar-refractivity contribution in [1.29, 1.82) is 0 Å². The van der Waals surface area contributed by atoms with Gasteiger partial charge in [-0.25, -0.2) is 4.98 Å². The number of nitro benzene ring substituents is 1. The van der Waals surface area contributed by atoms with Crippen LogP contribution in [0.15, 0.2) is 53.9 Å². The summed E-state index contributed by atoms with van der Waals surface area (Å²) in [4.78, 5) is 38.0. The summed E-state index contributed by atoms with van der Waals surface area (Å²) >= 11 is 1.07. The average molecular weight is 400 g/mol. The highest BCUT2D eigenvalue weighted by Crippen LogP contribution is 2.22. The Morgan fingerprint density at radius 1 is 1.14 bits per heavy atom. The summed E-state index contributed by atoms with van der Waals surface area (Å²) in [5.74, 6) is -1.96. The van der Waals surface area contributed by atoms with Gasteiger partial charge >= 0.3 is 5.69 Å². The first-order valence-electron chi connectivity index (χ1n) is 7.97. The number of amides is 2. The summed E-state index contributed by atoms with van der Waals surface area (Å²) in [6, 6.07) is 12.2. The predicted molar refractivity (Wildman–Crippen MR) is 102 cm³/mol. The molecule has 0 aliphatic carbocycles. The zero-order valence-electron chi connectivity index (χ0n) is 14.2. The number of rotatable bonds is 6. The van der Waals surface area contributed by atoms with Crippen LogP contribution in [0.4, 0.5) is 20.9 Å². The number of halogens is 1. The number of benzene rings is 2. The quantitative estimate of drug-likeness (QED) is 0.484. The van der Waals surface area contributed by atoms with E-state index in [-0.39, 0.29) is 28.8 Å². The summed E-state index contributed by atoms with van der Waals surface area (Å²) in [7, 11) is 0. The van der Waals surface area contributed by atoms with E-state index in [0.717, 1.165) is 29.0 Å². The second kappa shape index (κ2) is 8.35. The lowest BCUT2D eigenvalue weighted by atomic mass is 10.1. The molecular formula is C18H13FN4O4S. The van der Waals surface area contributed by atoms with E-state index >= 15 is 0 Å². The Morgan fingerprint density at radius 3 is 2.57 bits per heavy atom. The molecule has 2 N–H and O–H groups in total. The summed E-state index contributed by atoms with van der Waals surface area (Å²) in [6.45, 7) is 0. The molecule has 0 unspecified atom stereocenters. The molecule has 0 atom stereocenters. The van der Waals surface area contributed by atoms with E-state index in [9.17, 15) is 24.1 Å². The standard InChI is InChI=1S/C18H13FN4O4S/c19-13-9-12(6-7-15(13)23(26)27)20-17(25)14-10-28-18(21-14)22-16(24)8-11-4-2-1-3-5-11/h1-7,9-10H,8H2,(H,20,25)(H,21,22,24). The fourth-order valence-electron chi connectivity index (χ4n) is 2.31. The minimum Gasteiger partial charge on any atom is -0.321 e. The number of hydrogen-bond acceptors (Lipinski definition) is 6. The van der Waals surface area contributed by atoms with E-state index < -0.39 is 22.3 Å². The van der Waals surface area contributed by atoms with Crippen molar-refractivity contribution in [1.82, 2.24) is 4.98 Å². The molecule has 3 aromatic rings. The molecule has 0 radical (unpaired) electrons. The molecule has 3 rings (SSSR count). The van der Waals surface area contributed by atoms with Crippen LogP contribution < -0.4 is 10.6 Å². The largest absolute Gasteiger partial charge is 0.321 e. The average Bonchev–Trinajstić information content (AvgIpc) is 3.10. The first-order valence-corrected chi connectivity index (χ1v) is 8.85. The fraction of sp³-hybridized carbons (Fsp3) is 0.0556. The highest BCUT2D eigenvalue weighted by Gasteiger charge is 2.17. The smallest absolute Gasteiger partial charge is 0.304 e. The monoisotopic (exact) mass is 400 g/mol. The lowest BCUT2D eigenvalue weighted by Crippen LogP contribution is -2.15. The maximum absolute atomic E-state index is 13.6. The van der Waals surface area contributed by atoms with Gasteiger partial charge in [-0.15, -0.1) is 11.3 Å². The van der Waals surface area contributed by atoms with E-state index in [1.54, 1.807) is 0 Å². The first kappa shape index (κ1) is 19.1. The third-order valence-electron chi connectivity index (χ3n) is 3.59. The van der Waals surface area contributed by atoms with Crippen LogP contribution >= 0.6 is 11.3 Å². The number of thiazole rings is 1. The highest BCUT2D eigenvalue weighted by atomic mass is 32.1. The zero-order chi connectivity index (χ0) is 20.1. The number of aromatic nitrogens is 1. The predicted octanol–water partition coefficient (Wildman–Crippen LogP) is 3.62. The Morgan fingerprint density at radius 2 is 1.89 bits per heavy atom. The van der Waals surface area contributed by atoms with Gasteiger partial charge in [0.15, 0.2) is 5.13 Å². The number of carbonyl (C=O) groups excluding carboxylic acids is 2. The highest BCUT2D eigenvalue weighted by molar-refractivity contribution is 7.14. The van der Waals surface area contributed by atoms with Gasteiger partial charge in [-0.1, -0.05) is 30.3 Å². The van der Waals surface area contributed by atoms with Crippen LogP contribution in [0.2, 0.25) is 0 Å². The van der Waals surface area contributed by atoms with Crippen molar-refractivity contribution in [3.05, 3.63) is 81.1 Å².